The van der Waals surface area contributed by atoms with E-state index < -0.39 is 0 Å². The molecule has 0 aromatic heterocycles. The van der Waals surface area contributed by atoms with Crippen LogP contribution in [0.25, 0.3) is 0 Å². The Morgan fingerprint density at radius 2 is 2.21 bits per heavy atom. The van der Waals surface area contributed by atoms with Crippen LogP contribution in [0.1, 0.15) is 17.7 Å². The van der Waals surface area contributed by atoms with E-state index in [1.807, 2.05) is 30.0 Å². The van der Waals surface area contributed by atoms with Gasteiger partial charge in [-0.2, -0.15) is 11.8 Å². The maximum atomic E-state index is 5.89. The minimum Gasteiger partial charge on any atom is -0.330 e. The zero-order valence-corrected chi connectivity index (χ0v) is 10.5. The largest absolute Gasteiger partial charge is 0.330 e. The molecule has 0 heterocycles. The molecule has 1 aromatic rings. The molecule has 0 radical (unpaired) electrons. The van der Waals surface area contributed by atoms with Gasteiger partial charge in [0.2, 0.25) is 0 Å². The van der Waals surface area contributed by atoms with E-state index in [1.165, 1.54) is 5.56 Å². The second-order valence-corrected chi connectivity index (χ2v) is 4.74. The summed E-state index contributed by atoms with van der Waals surface area (Å²) in [7, 11) is 0. The van der Waals surface area contributed by atoms with Crippen LogP contribution in [0.15, 0.2) is 24.3 Å². The van der Waals surface area contributed by atoms with Crippen LogP contribution in [0.4, 0.5) is 0 Å². The monoisotopic (exact) mass is 251 g/mol. The molecule has 0 aliphatic carbocycles. The molecule has 0 amide bonds. The van der Waals surface area contributed by atoms with Crippen LogP contribution in [0.2, 0.25) is 5.02 Å². The van der Waals surface area contributed by atoms with E-state index >= 15 is 0 Å². The van der Waals surface area contributed by atoms with Gasteiger partial charge in [-0.1, -0.05) is 23.7 Å². The van der Waals surface area contributed by atoms with Crippen molar-refractivity contribution in [2.45, 2.75) is 12.2 Å². The summed E-state index contributed by atoms with van der Waals surface area (Å²) in [6, 6.07) is 7.98. The highest BCUT2D eigenvalue weighted by molar-refractivity contribution is 7.99. The Morgan fingerprint density at radius 3 is 2.79 bits per heavy atom. The molecule has 14 heavy (non-hydrogen) atoms. The summed E-state index contributed by atoms with van der Waals surface area (Å²) in [5.74, 6) is 0.994. The Hall–Kier alpha value is 0.110. The van der Waals surface area contributed by atoms with Crippen molar-refractivity contribution in [3.63, 3.8) is 0 Å². The molecule has 1 aromatic carbocycles. The number of benzene rings is 1. The molecule has 0 spiro atoms. The van der Waals surface area contributed by atoms with Crippen LogP contribution < -0.4 is 5.73 Å². The normalized spacial score (nSPS) is 11.9. The molecule has 1 nitrogen and oxygen atoms in total. The van der Waals surface area contributed by atoms with Crippen LogP contribution in [0, 0.1) is 0 Å². The summed E-state index contributed by atoms with van der Waals surface area (Å²) in [5, 5.41) is 1.28. The predicted molar refractivity (Wildman–Crippen MR) is 68.6 cm³/mol. The lowest BCUT2D eigenvalue weighted by atomic mass is 10.2. The highest BCUT2D eigenvalue weighted by Gasteiger charge is 2.04. The highest BCUT2D eigenvalue weighted by Crippen LogP contribution is 2.28. The van der Waals surface area contributed by atoms with Crippen molar-refractivity contribution >= 4 is 35.8 Å². The maximum absolute atomic E-state index is 5.89. The standard InChI is InChI=1S/C10H14ClNS.ClH/c1-8(13-6-5-12)9-3-2-4-10(11)7-9;/h2-4,7-8H,5-6,12H2,1H3;1H. The van der Waals surface area contributed by atoms with Crippen molar-refractivity contribution in [1.82, 2.24) is 0 Å². The minimum atomic E-state index is 0. The van der Waals surface area contributed by atoms with Crippen LogP contribution in [-0.4, -0.2) is 12.3 Å². The molecular weight excluding hydrogens is 237 g/mol. The predicted octanol–water partition coefficient (Wildman–Crippen LogP) is 3.51. The third-order valence-corrected chi connectivity index (χ3v) is 3.28. The van der Waals surface area contributed by atoms with Crippen LogP contribution in [0.5, 0.6) is 0 Å². The number of nitrogens with two attached hydrogens (primary N) is 1. The van der Waals surface area contributed by atoms with Gasteiger partial charge in [-0.3, -0.25) is 0 Å². The summed E-state index contributed by atoms with van der Waals surface area (Å²) in [5.41, 5.74) is 6.71. The SMILES string of the molecule is CC(SCCN)c1cccc(Cl)c1.Cl. The molecule has 2 N–H and O–H groups in total. The van der Waals surface area contributed by atoms with E-state index in [-0.39, 0.29) is 12.4 Å². The fraction of sp³-hybridized carbons (Fsp3) is 0.400. The van der Waals surface area contributed by atoms with Crippen molar-refractivity contribution in [2.24, 2.45) is 5.73 Å². The van der Waals surface area contributed by atoms with Crippen LogP contribution >= 0.6 is 35.8 Å². The fourth-order valence-corrected chi connectivity index (χ4v) is 2.13. The van der Waals surface area contributed by atoms with E-state index in [0.29, 0.717) is 5.25 Å². The number of hydrogen-bond acceptors (Lipinski definition) is 2. The second-order valence-electron chi connectivity index (χ2n) is 2.86. The summed E-state index contributed by atoms with van der Waals surface area (Å²) < 4.78 is 0. The lowest BCUT2D eigenvalue weighted by Crippen LogP contribution is -2.02. The maximum Gasteiger partial charge on any atom is 0.0409 e. The summed E-state index contributed by atoms with van der Waals surface area (Å²) >= 11 is 7.74. The Balaban J connectivity index is 0.00000169. The lowest BCUT2D eigenvalue weighted by Gasteiger charge is -2.10. The fourth-order valence-electron chi connectivity index (χ4n) is 1.10. The average Bonchev–Trinajstić information content (AvgIpc) is 2.14. The van der Waals surface area contributed by atoms with Crippen LogP contribution in [-0.2, 0) is 0 Å². The molecule has 80 valence electrons. The average molecular weight is 252 g/mol. The molecule has 0 saturated heterocycles. The third-order valence-electron chi connectivity index (χ3n) is 1.80. The first kappa shape index (κ1) is 14.1. The van der Waals surface area contributed by atoms with Gasteiger partial charge in [0.1, 0.15) is 0 Å². The third kappa shape index (κ3) is 4.56. The topological polar surface area (TPSA) is 26.0 Å². The molecular formula is C10H15Cl2NS. The summed E-state index contributed by atoms with van der Waals surface area (Å²) in [6.45, 7) is 2.90. The second kappa shape index (κ2) is 7.41. The first-order valence-corrected chi connectivity index (χ1v) is 5.74. The van der Waals surface area contributed by atoms with Gasteiger partial charge < -0.3 is 5.73 Å². The highest BCUT2D eigenvalue weighted by atomic mass is 35.5. The smallest absolute Gasteiger partial charge is 0.0409 e. The molecule has 1 unspecified atom stereocenters. The number of hydrogen-bond donors (Lipinski definition) is 1. The first-order chi connectivity index (χ1) is 6.24. The molecule has 0 bridgehead atoms. The van der Waals surface area contributed by atoms with E-state index in [2.05, 4.69) is 13.0 Å². The van der Waals surface area contributed by atoms with Gasteiger partial charge in [-0.15, -0.1) is 12.4 Å². The molecule has 1 rings (SSSR count). The zero-order valence-electron chi connectivity index (χ0n) is 8.07. The van der Waals surface area contributed by atoms with Crippen molar-refractivity contribution in [1.29, 1.82) is 0 Å². The molecule has 0 fully saturated rings. The Bertz CT molecular complexity index is 268. The molecule has 0 saturated carbocycles. The van der Waals surface area contributed by atoms with Crippen molar-refractivity contribution < 1.29 is 0 Å². The van der Waals surface area contributed by atoms with E-state index in [1.54, 1.807) is 0 Å². The van der Waals surface area contributed by atoms with Gasteiger partial charge in [0.25, 0.3) is 0 Å². The van der Waals surface area contributed by atoms with Gasteiger partial charge in [0.05, 0.1) is 0 Å². The molecule has 0 aliphatic rings. The summed E-state index contributed by atoms with van der Waals surface area (Å²) in [4.78, 5) is 0. The van der Waals surface area contributed by atoms with E-state index in [0.717, 1.165) is 17.3 Å². The number of thioether (sulfide) groups is 1. The number of halogens is 2. The van der Waals surface area contributed by atoms with Gasteiger partial charge in [-0.05, 0) is 24.6 Å². The van der Waals surface area contributed by atoms with E-state index in [4.69, 9.17) is 17.3 Å². The zero-order chi connectivity index (χ0) is 9.68. The Morgan fingerprint density at radius 1 is 1.50 bits per heavy atom. The van der Waals surface area contributed by atoms with Gasteiger partial charge in [0, 0.05) is 22.6 Å². The summed E-state index contributed by atoms with van der Waals surface area (Å²) in [6.07, 6.45) is 0. The van der Waals surface area contributed by atoms with Gasteiger partial charge in [-0.25, -0.2) is 0 Å². The van der Waals surface area contributed by atoms with Crippen molar-refractivity contribution in [3.05, 3.63) is 34.9 Å². The minimum absolute atomic E-state index is 0. The molecule has 4 heteroatoms. The lowest BCUT2D eigenvalue weighted by molar-refractivity contribution is 1.08. The quantitative estimate of drug-likeness (QED) is 0.887. The van der Waals surface area contributed by atoms with Crippen molar-refractivity contribution in [2.75, 3.05) is 12.3 Å². The molecule has 0 aliphatic heterocycles. The number of rotatable bonds is 4. The van der Waals surface area contributed by atoms with Gasteiger partial charge >= 0.3 is 0 Å². The first-order valence-electron chi connectivity index (χ1n) is 4.31. The van der Waals surface area contributed by atoms with Crippen molar-refractivity contribution in [3.8, 4) is 0 Å². The van der Waals surface area contributed by atoms with E-state index in [9.17, 15) is 0 Å². The van der Waals surface area contributed by atoms with Crippen LogP contribution in [0.3, 0.4) is 0 Å². The Labute approximate surface area is 101 Å². The molecule has 1 atom stereocenters. The van der Waals surface area contributed by atoms with Gasteiger partial charge in [0.15, 0.2) is 0 Å². The Kier molecular flexibility index (Phi) is 7.47.